The molecule has 1 heterocycles. The molecule has 0 bridgehead atoms. The van der Waals surface area contributed by atoms with Crippen LogP contribution >= 0.6 is 11.8 Å². The number of nitrogens with one attached hydrogen (secondary N) is 1. The van der Waals surface area contributed by atoms with Crippen molar-refractivity contribution in [1.82, 2.24) is 10.3 Å². The molecule has 0 saturated carbocycles. The van der Waals surface area contributed by atoms with Crippen LogP contribution in [0.1, 0.15) is 13.3 Å². The number of aromatic nitrogens is 1. The number of hydrogen-bond acceptors (Lipinski definition) is 4. The summed E-state index contributed by atoms with van der Waals surface area (Å²) in [5.74, 6) is 1.01. The molecular weight excluding hydrogens is 332 g/mol. The highest BCUT2D eigenvalue weighted by atomic mass is 32.2. The van der Waals surface area contributed by atoms with E-state index in [1.165, 1.54) is 11.8 Å². The summed E-state index contributed by atoms with van der Waals surface area (Å²) in [6.07, 6.45) is 0.922. The van der Waals surface area contributed by atoms with E-state index in [9.17, 15) is 4.79 Å². The molecule has 25 heavy (non-hydrogen) atoms. The number of rotatable bonds is 7. The first-order valence-corrected chi connectivity index (χ1v) is 9.27. The molecule has 5 heteroatoms. The molecule has 3 aromatic rings. The van der Waals surface area contributed by atoms with Crippen molar-refractivity contribution >= 4 is 17.7 Å². The maximum Gasteiger partial charge on any atom is 0.257 e. The van der Waals surface area contributed by atoms with Gasteiger partial charge in [-0.1, -0.05) is 79.3 Å². The van der Waals surface area contributed by atoms with Gasteiger partial charge in [0.05, 0.1) is 5.75 Å². The predicted molar refractivity (Wildman–Crippen MR) is 101 cm³/mol. The van der Waals surface area contributed by atoms with Crippen molar-refractivity contribution in [2.24, 2.45) is 0 Å². The van der Waals surface area contributed by atoms with Gasteiger partial charge in [0, 0.05) is 17.7 Å². The van der Waals surface area contributed by atoms with Crippen LogP contribution in [0, 0.1) is 0 Å². The zero-order valence-electron chi connectivity index (χ0n) is 14.1. The van der Waals surface area contributed by atoms with E-state index in [1.54, 1.807) is 0 Å². The number of carbonyl (C=O) groups is 1. The maximum absolute atomic E-state index is 11.8. The van der Waals surface area contributed by atoms with Crippen molar-refractivity contribution in [3.05, 3.63) is 60.7 Å². The van der Waals surface area contributed by atoms with Crippen LogP contribution < -0.4 is 5.32 Å². The lowest BCUT2D eigenvalue weighted by Gasteiger charge is -2.01. The van der Waals surface area contributed by atoms with Gasteiger partial charge in [0.15, 0.2) is 5.76 Å². The Labute approximate surface area is 151 Å². The zero-order chi connectivity index (χ0) is 17.5. The number of oxazole rings is 1. The molecule has 2 aromatic carbocycles. The predicted octanol–water partition coefficient (Wildman–Crippen LogP) is 4.63. The lowest BCUT2D eigenvalue weighted by Crippen LogP contribution is -2.25. The molecule has 1 amide bonds. The summed E-state index contributed by atoms with van der Waals surface area (Å²) in [5, 5.41) is 3.36. The number of amides is 1. The van der Waals surface area contributed by atoms with Gasteiger partial charge in [-0.15, -0.1) is 0 Å². The quantitative estimate of drug-likeness (QED) is 0.630. The average Bonchev–Trinajstić information content (AvgIpc) is 3.10. The van der Waals surface area contributed by atoms with Crippen molar-refractivity contribution in [3.8, 4) is 22.6 Å². The summed E-state index contributed by atoms with van der Waals surface area (Å²) in [5.41, 5.74) is 2.76. The van der Waals surface area contributed by atoms with E-state index in [0.717, 1.165) is 29.0 Å². The second-order valence-corrected chi connectivity index (χ2v) is 6.45. The molecule has 1 N–H and O–H groups in total. The monoisotopic (exact) mass is 352 g/mol. The minimum absolute atomic E-state index is 0.00688. The van der Waals surface area contributed by atoms with Gasteiger partial charge in [0.1, 0.15) is 5.69 Å². The average molecular weight is 352 g/mol. The Balaban J connectivity index is 1.86. The molecule has 0 fully saturated rings. The lowest BCUT2D eigenvalue weighted by atomic mass is 10.1. The van der Waals surface area contributed by atoms with Gasteiger partial charge in [-0.05, 0) is 6.42 Å². The zero-order valence-corrected chi connectivity index (χ0v) is 14.9. The van der Waals surface area contributed by atoms with Crippen molar-refractivity contribution in [3.63, 3.8) is 0 Å². The topological polar surface area (TPSA) is 55.1 Å². The van der Waals surface area contributed by atoms with E-state index in [2.05, 4.69) is 10.3 Å². The van der Waals surface area contributed by atoms with E-state index in [1.807, 2.05) is 67.6 Å². The van der Waals surface area contributed by atoms with Crippen LogP contribution in [-0.4, -0.2) is 23.2 Å². The maximum atomic E-state index is 11.8. The van der Waals surface area contributed by atoms with Crippen LogP contribution in [0.4, 0.5) is 0 Å². The van der Waals surface area contributed by atoms with Crippen molar-refractivity contribution < 1.29 is 9.21 Å². The first-order chi connectivity index (χ1) is 12.3. The molecule has 128 valence electrons. The Kier molecular flexibility index (Phi) is 5.90. The van der Waals surface area contributed by atoms with Gasteiger partial charge in [-0.25, -0.2) is 4.98 Å². The van der Waals surface area contributed by atoms with Crippen molar-refractivity contribution in [2.45, 2.75) is 18.6 Å². The Hall–Kier alpha value is -2.53. The van der Waals surface area contributed by atoms with E-state index in [4.69, 9.17) is 4.42 Å². The van der Waals surface area contributed by atoms with Crippen LogP contribution in [0.2, 0.25) is 0 Å². The van der Waals surface area contributed by atoms with E-state index < -0.39 is 0 Å². The second kappa shape index (κ2) is 8.53. The van der Waals surface area contributed by atoms with Gasteiger partial charge in [-0.3, -0.25) is 4.79 Å². The number of carbonyl (C=O) groups excluding carboxylic acids is 1. The fourth-order valence-corrected chi connectivity index (χ4v) is 3.04. The third-order valence-corrected chi connectivity index (χ3v) is 4.42. The molecular formula is C20H20N2O2S. The third kappa shape index (κ3) is 4.51. The first-order valence-electron chi connectivity index (χ1n) is 8.29. The summed E-state index contributed by atoms with van der Waals surface area (Å²) >= 11 is 1.31. The number of hydrogen-bond donors (Lipinski definition) is 1. The van der Waals surface area contributed by atoms with Crippen molar-refractivity contribution in [2.75, 3.05) is 12.3 Å². The molecule has 0 atom stereocenters. The third-order valence-electron chi connectivity index (χ3n) is 3.59. The smallest absolute Gasteiger partial charge is 0.257 e. The Morgan fingerprint density at radius 3 is 2.32 bits per heavy atom. The van der Waals surface area contributed by atoms with Gasteiger partial charge in [-0.2, -0.15) is 0 Å². The van der Waals surface area contributed by atoms with Gasteiger partial charge in [0.2, 0.25) is 5.91 Å². The van der Waals surface area contributed by atoms with Gasteiger partial charge in [0.25, 0.3) is 5.22 Å². The minimum Gasteiger partial charge on any atom is -0.431 e. The highest BCUT2D eigenvalue weighted by molar-refractivity contribution is 7.99. The van der Waals surface area contributed by atoms with Crippen LogP contribution in [0.3, 0.4) is 0 Å². The number of thioether (sulfide) groups is 1. The summed E-state index contributed by atoms with van der Waals surface area (Å²) in [7, 11) is 0. The summed E-state index contributed by atoms with van der Waals surface area (Å²) in [4.78, 5) is 16.4. The molecule has 0 spiro atoms. The van der Waals surface area contributed by atoms with E-state index in [0.29, 0.717) is 17.5 Å². The lowest BCUT2D eigenvalue weighted by molar-refractivity contribution is -0.118. The highest BCUT2D eigenvalue weighted by Gasteiger charge is 2.17. The summed E-state index contributed by atoms with van der Waals surface area (Å²) in [6, 6.07) is 19.8. The molecule has 4 nitrogen and oxygen atoms in total. The molecule has 0 aliphatic carbocycles. The summed E-state index contributed by atoms with van der Waals surface area (Å²) < 4.78 is 5.98. The van der Waals surface area contributed by atoms with Crippen LogP contribution in [-0.2, 0) is 4.79 Å². The fourth-order valence-electron chi connectivity index (χ4n) is 2.38. The van der Waals surface area contributed by atoms with Gasteiger partial charge < -0.3 is 9.73 Å². The minimum atomic E-state index is -0.00688. The molecule has 0 unspecified atom stereocenters. The van der Waals surface area contributed by atoms with Crippen LogP contribution in [0.25, 0.3) is 22.6 Å². The Morgan fingerprint density at radius 1 is 1.04 bits per heavy atom. The Bertz CT molecular complexity index is 759. The van der Waals surface area contributed by atoms with Crippen molar-refractivity contribution in [1.29, 1.82) is 0 Å². The van der Waals surface area contributed by atoms with E-state index in [-0.39, 0.29) is 5.91 Å². The molecule has 0 saturated heterocycles. The van der Waals surface area contributed by atoms with Crippen LogP contribution in [0.15, 0.2) is 70.3 Å². The van der Waals surface area contributed by atoms with E-state index >= 15 is 0 Å². The second-order valence-electron chi connectivity index (χ2n) is 5.53. The number of benzene rings is 2. The first kappa shape index (κ1) is 17.3. The molecule has 1 aromatic heterocycles. The largest absolute Gasteiger partial charge is 0.431 e. The van der Waals surface area contributed by atoms with Crippen LogP contribution in [0.5, 0.6) is 0 Å². The van der Waals surface area contributed by atoms with Gasteiger partial charge >= 0.3 is 0 Å². The molecule has 0 radical (unpaired) electrons. The normalized spacial score (nSPS) is 10.6. The Morgan fingerprint density at radius 2 is 1.68 bits per heavy atom. The number of nitrogens with zero attached hydrogens (tertiary/aromatic N) is 1. The summed E-state index contributed by atoms with van der Waals surface area (Å²) in [6.45, 7) is 2.72. The molecule has 0 aliphatic heterocycles. The fraction of sp³-hybridized carbons (Fsp3) is 0.200. The SMILES string of the molecule is CCCNC(=O)CSc1nc(-c2ccccc2)c(-c2ccccc2)o1. The standard InChI is InChI=1S/C20H20N2O2S/c1-2-13-21-17(23)14-25-20-22-18(15-9-5-3-6-10-15)19(24-20)16-11-7-4-8-12-16/h3-12H,2,13-14H2,1H3,(H,21,23). The molecule has 0 aliphatic rings. The highest BCUT2D eigenvalue weighted by Crippen LogP contribution is 2.35. The molecule has 3 rings (SSSR count).